The van der Waals surface area contributed by atoms with Gasteiger partial charge in [0.15, 0.2) is 0 Å². The van der Waals surface area contributed by atoms with Gasteiger partial charge in [-0.25, -0.2) is 0 Å². The zero-order chi connectivity index (χ0) is 10.1. The van der Waals surface area contributed by atoms with Crippen molar-refractivity contribution in [2.24, 2.45) is 0 Å². The smallest absolute Gasteiger partial charge is 0.245 e. The molecule has 0 aromatic rings. The van der Waals surface area contributed by atoms with E-state index in [2.05, 4.69) is 5.32 Å². The van der Waals surface area contributed by atoms with Gasteiger partial charge in [-0.2, -0.15) is 0 Å². The maximum atomic E-state index is 11.9. The molecule has 0 saturated carbocycles. The van der Waals surface area contributed by atoms with E-state index >= 15 is 0 Å². The summed E-state index contributed by atoms with van der Waals surface area (Å²) in [6.45, 7) is 2.78. The summed E-state index contributed by atoms with van der Waals surface area (Å²) in [6.07, 6.45) is 3.47. The lowest BCUT2D eigenvalue weighted by molar-refractivity contribution is -0.147. The standard InChI is InChI=1S/C10H16N2O2/c1-2-4-7-10(14)12-6-3-5-8(12)9(13)11-7/h7-8H,2-6H2,1H3,(H,11,13)/t7-,8+/m0/s1. The highest BCUT2D eigenvalue weighted by atomic mass is 16.2. The van der Waals surface area contributed by atoms with Crippen LogP contribution in [0.3, 0.4) is 0 Å². The number of amides is 2. The monoisotopic (exact) mass is 196 g/mol. The maximum Gasteiger partial charge on any atom is 0.245 e. The van der Waals surface area contributed by atoms with Crippen LogP contribution in [0.5, 0.6) is 0 Å². The van der Waals surface area contributed by atoms with E-state index in [1.807, 2.05) is 6.92 Å². The average Bonchev–Trinajstić information content (AvgIpc) is 2.63. The van der Waals surface area contributed by atoms with Gasteiger partial charge in [0.2, 0.25) is 11.8 Å². The number of fused-ring (bicyclic) bond motifs is 1. The van der Waals surface area contributed by atoms with Gasteiger partial charge in [0.25, 0.3) is 0 Å². The molecule has 2 atom stereocenters. The summed E-state index contributed by atoms with van der Waals surface area (Å²) >= 11 is 0. The summed E-state index contributed by atoms with van der Waals surface area (Å²) in [5.41, 5.74) is 0. The molecule has 0 radical (unpaired) electrons. The van der Waals surface area contributed by atoms with Gasteiger partial charge in [-0.1, -0.05) is 13.3 Å². The summed E-state index contributed by atoms with van der Waals surface area (Å²) < 4.78 is 0. The molecule has 2 heterocycles. The van der Waals surface area contributed by atoms with E-state index in [4.69, 9.17) is 0 Å². The van der Waals surface area contributed by atoms with Gasteiger partial charge in [-0.05, 0) is 19.3 Å². The lowest BCUT2D eigenvalue weighted by Crippen LogP contribution is -2.60. The quantitative estimate of drug-likeness (QED) is 0.689. The lowest BCUT2D eigenvalue weighted by atomic mass is 10.0. The van der Waals surface area contributed by atoms with Crippen molar-refractivity contribution < 1.29 is 9.59 Å². The first-order valence-corrected chi connectivity index (χ1v) is 5.35. The molecule has 2 amide bonds. The molecule has 2 aliphatic rings. The Balaban J connectivity index is 2.12. The third-order valence-corrected chi connectivity index (χ3v) is 3.03. The predicted molar refractivity (Wildman–Crippen MR) is 51.6 cm³/mol. The highest BCUT2D eigenvalue weighted by molar-refractivity contribution is 5.97. The molecule has 0 aliphatic carbocycles. The molecule has 4 nitrogen and oxygen atoms in total. The SMILES string of the molecule is CCC[C@@H]1NC(=O)[C@H]2CCCN2C1=O. The van der Waals surface area contributed by atoms with Crippen molar-refractivity contribution in [2.45, 2.75) is 44.7 Å². The highest BCUT2D eigenvalue weighted by Gasteiger charge is 2.42. The molecule has 2 aliphatic heterocycles. The molecule has 0 unspecified atom stereocenters. The average molecular weight is 196 g/mol. The lowest BCUT2D eigenvalue weighted by Gasteiger charge is -2.34. The predicted octanol–water partition coefficient (Wildman–Crippen LogP) is 0.276. The molecule has 2 fully saturated rings. The van der Waals surface area contributed by atoms with E-state index in [0.29, 0.717) is 0 Å². The molecule has 2 saturated heterocycles. The first kappa shape index (κ1) is 9.49. The van der Waals surface area contributed by atoms with Crippen molar-refractivity contribution in [1.82, 2.24) is 10.2 Å². The summed E-state index contributed by atoms with van der Waals surface area (Å²) in [4.78, 5) is 25.2. The van der Waals surface area contributed by atoms with E-state index in [0.717, 1.165) is 32.2 Å². The summed E-state index contributed by atoms with van der Waals surface area (Å²) in [7, 11) is 0. The van der Waals surface area contributed by atoms with Crippen LogP contribution < -0.4 is 5.32 Å². The Labute approximate surface area is 83.6 Å². The molecule has 0 bridgehead atoms. The molecule has 14 heavy (non-hydrogen) atoms. The van der Waals surface area contributed by atoms with E-state index < -0.39 is 0 Å². The molecule has 0 aromatic heterocycles. The number of nitrogens with one attached hydrogen (secondary N) is 1. The first-order valence-electron chi connectivity index (χ1n) is 5.35. The van der Waals surface area contributed by atoms with Crippen LogP contribution in [-0.2, 0) is 9.59 Å². The zero-order valence-electron chi connectivity index (χ0n) is 8.45. The fourth-order valence-corrected chi connectivity index (χ4v) is 2.32. The Morgan fingerprint density at radius 2 is 2.29 bits per heavy atom. The number of rotatable bonds is 2. The fraction of sp³-hybridized carbons (Fsp3) is 0.800. The van der Waals surface area contributed by atoms with Crippen LogP contribution in [0.1, 0.15) is 32.6 Å². The minimum atomic E-state index is -0.262. The molecule has 0 aromatic carbocycles. The van der Waals surface area contributed by atoms with E-state index in [9.17, 15) is 9.59 Å². The molecule has 2 rings (SSSR count). The van der Waals surface area contributed by atoms with Crippen molar-refractivity contribution in [3.8, 4) is 0 Å². The largest absolute Gasteiger partial charge is 0.343 e. The van der Waals surface area contributed by atoms with Crippen LogP contribution in [0.4, 0.5) is 0 Å². The minimum Gasteiger partial charge on any atom is -0.343 e. The number of hydrogen-bond acceptors (Lipinski definition) is 2. The number of carbonyl (C=O) groups is 2. The zero-order valence-corrected chi connectivity index (χ0v) is 8.45. The van der Waals surface area contributed by atoms with E-state index in [1.54, 1.807) is 4.90 Å². The fourth-order valence-electron chi connectivity index (χ4n) is 2.32. The van der Waals surface area contributed by atoms with Gasteiger partial charge in [-0.3, -0.25) is 9.59 Å². The second-order valence-electron chi connectivity index (χ2n) is 4.04. The Bertz CT molecular complexity index is 265. The third kappa shape index (κ3) is 1.38. The van der Waals surface area contributed by atoms with Crippen molar-refractivity contribution in [1.29, 1.82) is 0 Å². The van der Waals surface area contributed by atoms with Gasteiger partial charge in [-0.15, -0.1) is 0 Å². The topological polar surface area (TPSA) is 49.4 Å². The van der Waals surface area contributed by atoms with Crippen molar-refractivity contribution in [3.05, 3.63) is 0 Å². The van der Waals surface area contributed by atoms with Crippen molar-refractivity contribution >= 4 is 11.8 Å². The van der Waals surface area contributed by atoms with Crippen LogP contribution in [0.25, 0.3) is 0 Å². The van der Waals surface area contributed by atoms with Crippen LogP contribution >= 0.6 is 0 Å². The molecule has 4 heteroatoms. The van der Waals surface area contributed by atoms with Gasteiger partial charge < -0.3 is 10.2 Å². The molecular formula is C10H16N2O2. The van der Waals surface area contributed by atoms with Crippen LogP contribution in [0.2, 0.25) is 0 Å². The number of hydrogen-bond donors (Lipinski definition) is 1. The Morgan fingerprint density at radius 3 is 3.00 bits per heavy atom. The first-order chi connectivity index (χ1) is 6.74. The van der Waals surface area contributed by atoms with Crippen LogP contribution in [-0.4, -0.2) is 35.3 Å². The number of piperazine rings is 1. The van der Waals surface area contributed by atoms with Gasteiger partial charge in [0, 0.05) is 6.54 Å². The van der Waals surface area contributed by atoms with Gasteiger partial charge in [0.05, 0.1) is 0 Å². The minimum absolute atomic E-state index is 0.0422. The Hall–Kier alpha value is -1.06. The number of nitrogens with zero attached hydrogens (tertiary/aromatic N) is 1. The van der Waals surface area contributed by atoms with E-state index in [1.165, 1.54) is 0 Å². The summed E-state index contributed by atoms with van der Waals surface area (Å²) in [6, 6.07) is -0.433. The molecule has 0 spiro atoms. The van der Waals surface area contributed by atoms with Gasteiger partial charge in [0.1, 0.15) is 12.1 Å². The molecular weight excluding hydrogens is 180 g/mol. The second kappa shape index (κ2) is 3.59. The Kier molecular flexibility index (Phi) is 2.44. The molecule has 78 valence electrons. The molecule has 1 N–H and O–H groups in total. The maximum absolute atomic E-state index is 11.9. The second-order valence-corrected chi connectivity index (χ2v) is 4.04. The normalized spacial score (nSPS) is 31.6. The summed E-state index contributed by atoms with van der Waals surface area (Å²) in [5, 5.41) is 2.81. The van der Waals surface area contributed by atoms with Crippen molar-refractivity contribution in [3.63, 3.8) is 0 Å². The highest BCUT2D eigenvalue weighted by Crippen LogP contribution is 2.22. The summed E-state index contributed by atoms with van der Waals surface area (Å²) in [5.74, 6) is 0.162. The van der Waals surface area contributed by atoms with E-state index in [-0.39, 0.29) is 23.9 Å². The number of carbonyl (C=O) groups excluding carboxylic acids is 2. The third-order valence-electron chi connectivity index (χ3n) is 3.03. The van der Waals surface area contributed by atoms with Gasteiger partial charge >= 0.3 is 0 Å². The van der Waals surface area contributed by atoms with Crippen molar-refractivity contribution in [2.75, 3.05) is 6.54 Å². The van der Waals surface area contributed by atoms with Crippen LogP contribution in [0, 0.1) is 0 Å². The van der Waals surface area contributed by atoms with Crippen LogP contribution in [0.15, 0.2) is 0 Å². The Morgan fingerprint density at radius 1 is 1.50 bits per heavy atom.